The lowest BCUT2D eigenvalue weighted by atomic mass is 9.89. The van der Waals surface area contributed by atoms with Crippen LogP contribution in [-0.2, 0) is 6.42 Å². The number of nitrogens with zero attached hydrogens (tertiary/aromatic N) is 1. The highest BCUT2D eigenvalue weighted by Gasteiger charge is 2.19. The number of fused-ring (bicyclic) bond motifs is 1. The van der Waals surface area contributed by atoms with Gasteiger partial charge in [-0.2, -0.15) is 5.26 Å². The number of hydrogen-bond acceptors (Lipinski definition) is 2. The number of hydrogen-bond donors (Lipinski definition) is 0. The molecule has 2 heteroatoms. The van der Waals surface area contributed by atoms with Crippen LogP contribution in [0.15, 0.2) is 11.4 Å². The Morgan fingerprint density at radius 3 is 3.36 bits per heavy atom. The second kappa shape index (κ2) is 2.67. The van der Waals surface area contributed by atoms with E-state index in [9.17, 15) is 0 Å². The van der Waals surface area contributed by atoms with E-state index in [0.717, 1.165) is 6.42 Å². The lowest BCUT2D eigenvalue weighted by molar-refractivity contribution is 0.646. The molecular formula is C9H9NS. The highest BCUT2D eigenvalue weighted by molar-refractivity contribution is 7.10. The first-order chi connectivity index (χ1) is 5.42. The van der Waals surface area contributed by atoms with E-state index in [0.29, 0.717) is 0 Å². The van der Waals surface area contributed by atoms with Gasteiger partial charge in [0, 0.05) is 4.88 Å². The highest BCUT2D eigenvalue weighted by atomic mass is 32.1. The lowest BCUT2D eigenvalue weighted by Gasteiger charge is -2.15. The predicted molar refractivity (Wildman–Crippen MR) is 45.6 cm³/mol. The Morgan fingerprint density at radius 1 is 1.64 bits per heavy atom. The van der Waals surface area contributed by atoms with Gasteiger partial charge in [0.05, 0.1) is 12.0 Å². The molecule has 11 heavy (non-hydrogen) atoms. The number of thiophene rings is 1. The maximum atomic E-state index is 8.81. The molecule has 1 aromatic heterocycles. The topological polar surface area (TPSA) is 23.8 Å². The molecule has 0 spiro atoms. The molecule has 1 unspecified atom stereocenters. The van der Waals surface area contributed by atoms with Crippen molar-refractivity contribution in [2.24, 2.45) is 0 Å². The first-order valence-electron chi connectivity index (χ1n) is 3.87. The molecule has 1 atom stereocenters. The van der Waals surface area contributed by atoms with Gasteiger partial charge in [-0.25, -0.2) is 0 Å². The van der Waals surface area contributed by atoms with Crippen molar-refractivity contribution in [2.75, 3.05) is 0 Å². The van der Waals surface area contributed by atoms with Crippen molar-refractivity contribution in [3.63, 3.8) is 0 Å². The van der Waals surface area contributed by atoms with Crippen molar-refractivity contribution in [1.82, 2.24) is 0 Å². The van der Waals surface area contributed by atoms with E-state index in [2.05, 4.69) is 17.5 Å². The minimum atomic E-state index is 0.185. The minimum Gasteiger partial charge on any atom is -0.198 e. The van der Waals surface area contributed by atoms with Gasteiger partial charge >= 0.3 is 0 Å². The van der Waals surface area contributed by atoms with E-state index in [1.54, 1.807) is 11.3 Å². The van der Waals surface area contributed by atoms with Gasteiger partial charge in [-0.3, -0.25) is 0 Å². The molecule has 0 aromatic carbocycles. The summed E-state index contributed by atoms with van der Waals surface area (Å²) < 4.78 is 0. The summed E-state index contributed by atoms with van der Waals surface area (Å²) in [4.78, 5) is 1.43. The standard InChI is InChI=1S/C9H9NS/c10-6-7-2-1-3-9-8(7)4-5-11-9/h4-5,7H,1-3H2. The molecule has 0 saturated carbocycles. The molecule has 0 amide bonds. The smallest absolute Gasteiger partial charge is 0.0723 e. The second-order valence-corrected chi connectivity index (χ2v) is 3.87. The van der Waals surface area contributed by atoms with Gasteiger partial charge in [0.25, 0.3) is 0 Å². The Morgan fingerprint density at radius 2 is 2.55 bits per heavy atom. The summed E-state index contributed by atoms with van der Waals surface area (Å²) in [5, 5.41) is 10.9. The van der Waals surface area contributed by atoms with Crippen LogP contribution in [0.4, 0.5) is 0 Å². The van der Waals surface area contributed by atoms with Crippen molar-refractivity contribution in [3.8, 4) is 6.07 Å². The molecule has 1 aliphatic rings. The van der Waals surface area contributed by atoms with Crippen LogP contribution in [0, 0.1) is 11.3 Å². The van der Waals surface area contributed by atoms with Gasteiger partial charge < -0.3 is 0 Å². The van der Waals surface area contributed by atoms with Crippen LogP contribution in [-0.4, -0.2) is 0 Å². The monoisotopic (exact) mass is 163 g/mol. The van der Waals surface area contributed by atoms with Crippen LogP contribution in [0.5, 0.6) is 0 Å². The van der Waals surface area contributed by atoms with E-state index in [1.807, 2.05) is 0 Å². The quantitative estimate of drug-likeness (QED) is 0.577. The van der Waals surface area contributed by atoms with Crippen LogP contribution in [0.1, 0.15) is 29.2 Å². The summed E-state index contributed by atoms with van der Waals surface area (Å²) >= 11 is 1.79. The molecule has 1 aromatic rings. The van der Waals surface area contributed by atoms with Crippen molar-refractivity contribution < 1.29 is 0 Å². The number of rotatable bonds is 0. The third-order valence-electron chi connectivity index (χ3n) is 2.21. The molecule has 0 radical (unpaired) electrons. The summed E-state index contributed by atoms with van der Waals surface area (Å²) in [5.41, 5.74) is 1.30. The predicted octanol–water partition coefficient (Wildman–Crippen LogP) is 2.69. The summed E-state index contributed by atoms with van der Waals surface area (Å²) in [6.07, 6.45) is 3.43. The Hall–Kier alpha value is -0.810. The normalized spacial score (nSPS) is 22.3. The molecule has 2 rings (SSSR count). The summed E-state index contributed by atoms with van der Waals surface area (Å²) in [7, 11) is 0. The first kappa shape index (κ1) is 6.87. The third kappa shape index (κ3) is 1.06. The number of aryl methyl sites for hydroxylation is 1. The van der Waals surface area contributed by atoms with Crippen LogP contribution in [0.25, 0.3) is 0 Å². The third-order valence-corrected chi connectivity index (χ3v) is 3.20. The van der Waals surface area contributed by atoms with E-state index < -0.39 is 0 Å². The van der Waals surface area contributed by atoms with Crippen molar-refractivity contribution in [2.45, 2.75) is 25.2 Å². The summed E-state index contributed by atoms with van der Waals surface area (Å²) in [6.45, 7) is 0. The molecule has 56 valence electrons. The molecule has 0 N–H and O–H groups in total. The van der Waals surface area contributed by atoms with Gasteiger partial charge in [0.2, 0.25) is 0 Å². The molecule has 0 saturated heterocycles. The molecule has 0 aliphatic heterocycles. The summed E-state index contributed by atoms with van der Waals surface area (Å²) in [6, 6.07) is 4.46. The van der Waals surface area contributed by atoms with Crippen LogP contribution < -0.4 is 0 Å². The molecule has 1 aliphatic carbocycles. The maximum Gasteiger partial charge on any atom is 0.0723 e. The summed E-state index contributed by atoms with van der Waals surface area (Å²) in [5.74, 6) is 0.185. The zero-order valence-electron chi connectivity index (χ0n) is 6.21. The van der Waals surface area contributed by atoms with E-state index in [1.165, 1.54) is 23.3 Å². The van der Waals surface area contributed by atoms with E-state index in [-0.39, 0.29) is 5.92 Å². The molecule has 0 fully saturated rings. The average molecular weight is 163 g/mol. The fourth-order valence-electron chi connectivity index (χ4n) is 1.62. The molecular weight excluding hydrogens is 154 g/mol. The fourth-order valence-corrected chi connectivity index (χ4v) is 2.61. The zero-order chi connectivity index (χ0) is 7.68. The molecule has 0 bridgehead atoms. The Balaban J connectivity index is 2.41. The van der Waals surface area contributed by atoms with Gasteiger partial charge in [-0.1, -0.05) is 0 Å². The Kier molecular flexibility index (Phi) is 1.67. The average Bonchev–Trinajstić information content (AvgIpc) is 2.50. The van der Waals surface area contributed by atoms with Gasteiger partial charge in [0.15, 0.2) is 0 Å². The van der Waals surface area contributed by atoms with Gasteiger partial charge in [0.1, 0.15) is 0 Å². The van der Waals surface area contributed by atoms with Crippen molar-refractivity contribution >= 4 is 11.3 Å². The van der Waals surface area contributed by atoms with Crippen LogP contribution in [0.3, 0.4) is 0 Å². The molecule has 1 heterocycles. The van der Waals surface area contributed by atoms with E-state index in [4.69, 9.17) is 5.26 Å². The number of nitriles is 1. The van der Waals surface area contributed by atoms with Crippen molar-refractivity contribution in [3.05, 3.63) is 21.9 Å². The SMILES string of the molecule is N#CC1CCCc2sccc21. The van der Waals surface area contributed by atoms with E-state index >= 15 is 0 Å². The Labute approximate surface area is 70.3 Å². The largest absolute Gasteiger partial charge is 0.198 e. The minimum absolute atomic E-state index is 0.185. The van der Waals surface area contributed by atoms with Crippen LogP contribution >= 0.6 is 11.3 Å². The zero-order valence-corrected chi connectivity index (χ0v) is 7.03. The maximum absolute atomic E-state index is 8.81. The second-order valence-electron chi connectivity index (χ2n) is 2.87. The Bertz CT molecular complexity index is 295. The van der Waals surface area contributed by atoms with Crippen molar-refractivity contribution in [1.29, 1.82) is 5.26 Å². The molecule has 1 nitrogen and oxygen atoms in total. The van der Waals surface area contributed by atoms with Gasteiger partial charge in [-0.15, -0.1) is 11.3 Å². The first-order valence-corrected chi connectivity index (χ1v) is 4.75. The van der Waals surface area contributed by atoms with Gasteiger partial charge in [-0.05, 0) is 36.3 Å². The lowest BCUT2D eigenvalue weighted by Crippen LogP contribution is -2.04. The fraction of sp³-hybridized carbons (Fsp3) is 0.444. The highest BCUT2D eigenvalue weighted by Crippen LogP contribution is 2.34. The van der Waals surface area contributed by atoms with Crippen LogP contribution in [0.2, 0.25) is 0 Å².